The van der Waals surface area contributed by atoms with Crippen molar-refractivity contribution in [3.63, 3.8) is 0 Å². The summed E-state index contributed by atoms with van der Waals surface area (Å²) in [6.45, 7) is 3.59. The quantitative estimate of drug-likeness (QED) is 0.0221. The summed E-state index contributed by atoms with van der Waals surface area (Å²) in [5, 5.41) is 48.6. The second-order valence-corrected chi connectivity index (χ2v) is 16.6. The number of Topliss-reactive ketones (excluding diaryl/α,β-unsaturated/α-hetero) is 2. The molecule has 0 saturated carbocycles. The molecule has 1 unspecified atom stereocenters. The van der Waals surface area contributed by atoms with E-state index >= 15 is 0 Å². The summed E-state index contributed by atoms with van der Waals surface area (Å²) in [7, 11) is -4.84. The summed E-state index contributed by atoms with van der Waals surface area (Å²) in [6.07, 6.45) is -3.87. The standard InChI is InChI=1S/C46H54N4O19S/c1-3-29-6-9-35(10-7-29)68-70(60,61)69-39-24-30(8-12-38(39)66-46-44(58)43(57)42(56)40(26-51)67-46)36(53)5-4-15-62-16-14-50-25-34(48-49-50)27-64-18-17-63-19-20-65-45(59)33-22-31(28(2)52)21-32(23-33)37(54)11-13-41(47)55/h6-13,21-25,40,42-44,46,51,56-58H,3-5,14-20,26-27H2,1-2H3,(H2,47,55)/b13-11+/t40-,42+,43+,44-,46?/m1/s1. The number of hydrogen-bond acceptors (Lipinski definition) is 21. The van der Waals surface area contributed by atoms with Gasteiger partial charge >= 0.3 is 16.4 Å². The first kappa shape index (κ1) is 54.5. The average molecular weight is 999 g/mol. The van der Waals surface area contributed by atoms with Crippen LogP contribution in [0.5, 0.6) is 17.2 Å². The number of allylic oxidation sites excluding steroid dienone is 1. The summed E-state index contributed by atoms with van der Waals surface area (Å²) in [5.74, 6) is -3.96. The number of aromatic nitrogens is 3. The minimum absolute atomic E-state index is 0.00107. The molecule has 2 heterocycles. The molecule has 70 heavy (non-hydrogen) atoms. The first-order valence-corrected chi connectivity index (χ1v) is 23.1. The number of benzene rings is 3. The third-order valence-corrected chi connectivity index (χ3v) is 10.9. The summed E-state index contributed by atoms with van der Waals surface area (Å²) < 4.78 is 71.0. The predicted octanol–water partition coefficient (Wildman–Crippen LogP) is 1.22. The number of ether oxygens (including phenoxy) is 6. The van der Waals surface area contributed by atoms with Gasteiger partial charge in [0.2, 0.25) is 12.2 Å². The van der Waals surface area contributed by atoms with Gasteiger partial charge < -0.3 is 62.9 Å². The van der Waals surface area contributed by atoms with Gasteiger partial charge in [0.15, 0.2) is 28.8 Å². The van der Waals surface area contributed by atoms with Crippen LogP contribution in [0.1, 0.15) is 79.4 Å². The van der Waals surface area contributed by atoms with Crippen molar-refractivity contribution in [2.75, 3.05) is 46.2 Å². The van der Waals surface area contributed by atoms with E-state index in [1.54, 1.807) is 23.0 Å². The number of ketones is 3. The Morgan fingerprint density at radius 2 is 1.49 bits per heavy atom. The zero-order chi connectivity index (χ0) is 50.8. The highest BCUT2D eigenvalue weighted by Gasteiger charge is 2.45. The van der Waals surface area contributed by atoms with Gasteiger partial charge in [-0.25, -0.2) is 9.48 Å². The highest BCUT2D eigenvalue weighted by molar-refractivity contribution is 7.82. The van der Waals surface area contributed by atoms with Crippen LogP contribution in [0.2, 0.25) is 0 Å². The van der Waals surface area contributed by atoms with Crippen LogP contribution in [-0.4, -0.2) is 150 Å². The van der Waals surface area contributed by atoms with Crippen LogP contribution in [0.25, 0.3) is 0 Å². The number of carbonyl (C=O) groups excluding carboxylic acids is 5. The van der Waals surface area contributed by atoms with Gasteiger partial charge in [0.1, 0.15) is 42.5 Å². The van der Waals surface area contributed by atoms with Crippen molar-refractivity contribution in [1.82, 2.24) is 15.0 Å². The first-order chi connectivity index (χ1) is 33.5. The van der Waals surface area contributed by atoms with E-state index in [9.17, 15) is 52.8 Å². The Labute approximate surface area is 401 Å². The lowest BCUT2D eigenvalue weighted by Crippen LogP contribution is -2.60. The number of nitrogens with two attached hydrogens (primary N) is 1. The van der Waals surface area contributed by atoms with Crippen molar-refractivity contribution in [3.8, 4) is 17.2 Å². The van der Waals surface area contributed by atoms with Gasteiger partial charge in [-0.1, -0.05) is 24.3 Å². The zero-order valence-corrected chi connectivity index (χ0v) is 38.9. The number of carbonyl (C=O) groups is 5. The van der Waals surface area contributed by atoms with Crippen LogP contribution >= 0.6 is 0 Å². The highest BCUT2D eigenvalue weighted by atomic mass is 32.3. The Kier molecular flexibility index (Phi) is 20.6. The highest BCUT2D eigenvalue weighted by Crippen LogP contribution is 2.34. The number of nitrogens with zero attached hydrogens (tertiary/aromatic N) is 3. The lowest BCUT2D eigenvalue weighted by Gasteiger charge is -2.39. The van der Waals surface area contributed by atoms with Crippen LogP contribution in [0.3, 0.4) is 0 Å². The molecule has 1 aliphatic heterocycles. The third-order valence-electron chi connectivity index (χ3n) is 10.2. The fourth-order valence-electron chi connectivity index (χ4n) is 6.43. The second-order valence-electron chi connectivity index (χ2n) is 15.4. The van der Waals surface area contributed by atoms with Crippen LogP contribution in [-0.2, 0) is 58.5 Å². The van der Waals surface area contributed by atoms with Crippen molar-refractivity contribution >= 4 is 39.6 Å². The molecule has 23 nitrogen and oxygen atoms in total. The van der Waals surface area contributed by atoms with E-state index in [0.717, 1.165) is 23.8 Å². The number of aryl methyl sites for hydroxylation is 1. The molecule has 378 valence electrons. The van der Waals surface area contributed by atoms with Gasteiger partial charge in [-0.3, -0.25) is 19.2 Å². The van der Waals surface area contributed by atoms with E-state index in [0.29, 0.717) is 18.7 Å². The van der Waals surface area contributed by atoms with E-state index in [4.69, 9.17) is 42.5 Å². The smallest absolute Gasteiger partial charge is 0.460 e. The molecule has 3 aromatic carbocycles. The molecule has 0 spiro atoms. The lowest BCUT2D eigenvalue weighted by molar-refractivity contribution is -0.277. The van der Waals surface area contributed by atoms with E-state index in [-0.39, 0.29) is 98.6 Å². The van der Waals surface area contributed by atoms with Gasteiger partial charge in [0.05, 0.1) is 57.9 Å². The molecule has 24 heteroatoms. The van der Waals surface area contributed by atoms with Crippen molar-refractivity contribution in [2.45, 2.75) is 77.0 Å². The Bertz CT molecular complexity index is 2570. The van der Waals surface area contributed by atoms with Gasteiger partial charge in [-0.05, 0) is 79.9 Å². The van der Waals surface area contributed by atoms with E-state index in [1.807, 2.05) is 6.92 Å². The third kappa shape index (κ3) is 16.6. The van der Waals surface area contributed by atoms with E-state index in [2.05, 4.69) is 10.3 Å². The van der Waals surface area contributed by atoms with Crippen LogP contribution in [0.4, 0.5) is 0 Å². The monoisotopic (exact) mass is 998 g/mol. The minimum atomic E-state index is -4.84. The predicted molar refractivity (Wildman–Crippen MR) is 241 cm³/mol. The summed E-state index contributed by atoms with van der Waals surface area (Å²) >= 11 is 0. The molecule has 4 aromatic rings. The lowest BCUT2D eigenvalue weighted by atomic mass is 9.99. The molecule has 6 N–H and O–H groups in total. The van der Waals surface area contributed by atoms with Gasteiger partial charge in [0, 0.05) is 35.8 Å². The van der Waals surface area contributed by atoms with Gasteiger partial charge in [0.25, 0.3) is 0 Å². The Balaban J connectivity index is 1.02. The second kappa shape index (κ2) is 26.5. The molecule has 1 saturated heterocycles. The average Bonchev–Trinajstić information content (AvgIpc) is 3.80. The van der Waals surface area contributed by atoms with Crippen molar-refractivity contribution in [1.29, 1.82) is 0 Å². The van der Waals surface area contributed by atoms with E-state index in [1.165, 1.54) is 49.4 Å². The molecule has 1 aliphatic rings. The number of aliphatic hydroxyl groups is 4. The zero-order valence-electron chi connectivity index (χ0n) is 38.1. The molecule has 0 bridgehead atoms. The first-order valence-electron chi connectivity index (χ1n) is 21.8. The number of rotatable bonds is 29. The maximum atomic E-state index is 13.2. The van der Waals surface area contributed by atoms with Crippen LogP contribution < -0.4 is 18.8 Å². The molecule has 1 aromatic heterocycles. The van der Waals surface area contributed by atoms with Crippen molar-refractivity contribution in [2.24, 2.45) is 5.73 Å². The number of primary amides is 1. The molecule has 0 aliphatic carbocycles. The Morgan fingerprint density at radius 1 is 0.786 bits per heavy atom. The molecular weight excluding hydrogens is 945 g/mol. The van der Waals surface area contributed by atoms with Crippen LogP contribution in [0.15, 0.2) is 79.0 Å². The Hall–Kier alpha value is -6.48. The summed E-state index contributed by atoms with van der Waals surface area (Å²) in [4.78, 5) is 61.2. The number of amides is 1. The molecule has 1 amide bonds. The van der Waals surface area contributed by atoms with Crippen LogP contribution in [0, 0.1) is 0 Å². The molecular formula is C46H54N4O19S. The summed E-state index contributed by atoms with van der Waals surface area (Å²) in [5.41, 5.74) is 6.60. The molecule has 0 radical (unpaired) electrons. The largest absolute Gasteiger partial charge is 0.501 e. The SMILES string of the molecule is CCc1ccc(OS(=O)(=O)Oc2cc(C(=O)CCCOCCn3cc(COCCOCCOC(=O)c4cc(C(C)=O)cc(C(=O)/C=C/C(N)=O)c4)nn3)ccc2OC2O[C@H](CO)[C@H](O)[C@H](O)[C@H]2O)cc1. The topological polar surface area (TPSA) is 331 Å². The maximum absolute atomic E-state index is 13.2. The van der Waals surface area contributed by atoms with Crippen molar-refractivity contribution in [3.05, 3.63) is 113 Å². The fraction of sp³-hybridized carbons (Fsp3) is 0.413. The normalized spacial score (nSPS) is 18.1. The molecule has 5 rings (SSSR count). The van der Waals surface area contributed by atoms with Crippen molar-refractivity contribution < 1.29 is 89.6 Å². The fourth-order valence-corrected chi connectivity index (χ4v) is 7.16. The number of aliphatic hydroxyl groups excluding tert-OH is 4. The minimum Gasteiger partial charge on any atom is -0.460 e. The maximum Gasteiger partial charge on any atom is 0.501 e. The molecule has 5 atom stereocenters. The van der Waals surface area contributed by atoms with Gasteiger partial charge in [-0.2, -0.15) is 0 Å². The molecule has 1 fully saturated rings. The van der Waals surface area contributed by atoms with E-state index < -0.39 is 76.9 Å². The Morgan fingerprint density at radius 3 is 2.20 bits per heavy atom. The summed E-state index contributed by atoms with van der Waals surface area (Å²) in [6, 6.07) is 13.7. The number of hydrogen-bond donors (Lipinski definition) is 5. The van der Waals surface area contributed by atoms with Gasteiger partial charge in [-0.15, -0.1) is 13.5 Å². The number of esters is 1.